The summed E-state index contributed by atoms with van der Waals surface area (Å²) in [5, 5.41) is 5.84. The fourth-order valence-electron chi connectivity index (χ4n) is 2.47. The summed E-state index contributed by atoms with van der Waals surface area (Å²) in [6.45, 7) is 2.28. The second-order valence-electron chi connectivity index (χ2n) is 5.73. The average Bonchev–Trinajstić information content (AvgIpc) is 2.60. The molecule has 0 saturated carbocycles. The van der Waals surface area contributed by atoms with Gasteiger partial charge in [-0.2, -0.15) is 18.2 Å². The molecule has 0 saturated heterocycles. The van der Waals surface area contributed by atoms with Crippen molar-refractivity contribution >= 4 is 17.5 Å². The number of aromatic nitrogens is 2. The highest BCUT2D eigenvalue weighted by molar-refractivity contribution is 5.62. The highest BCUT2D eigenvalue weighted by atomic mass is 19.4. The highest BCUT2D eigenvalue weighted by Gasteiger charge is 2.33. The van der Waals surface area contributed by atoms with Crippen LogP contribution in [0.25, 0.3) is 0 Å². The zero-order chi connectivity index (χ0) is 18.6. The monoisotopic (exact) mass is 358 g/mol. The van der Waals surface area contributed by atoms with Crippen molar-refractivity contribution in [3.05, 3.63) is 77.5 Å². The lowest BCUT2D eigenvalue weighted by Gasteiger charge is -2.15. The van der Waals surface area contributed by atoms with E-state index in [-0.39, 0.29) is 5.69 Å². The van der Waals surface area contributed by atoms with E-state index in [1.54, 1.807) is 19.1 Å². The molecule has 0 amide bonds. The third-order valence-corrected chi connectivity index (χ3v) is 3.64. The second-order valence-corrected chi connectivity index (χ2v) is 5.73. The molecule has 0 spiro atoms. The maximum absolute atomic E-state index is 13.1. The molecule has 3 aromatic rings. The van der Waals surface area contributed by atoms with Crippen molar-refractivity contribution in [2.24, 2.45) is 0 Å². The van der Waals surface area contributed by atoms with Gasteiger partial charge < -0.3 is 10.6 Å². The molecule has 0 radical (unpaired) electrons. The van der Waals surface area contributed by atoms with Gasteiger partial charge in [0.05, 0.1) is 11.3 Å². The van der Waals surface area contributed by atoms with Crippen LogP contribution in [0.15, 0.2) is 60.7 Å². The number of aryl methyl sites for hydroxylation is 1. The summed E-state index contributed by atoms with van der Waals surface area (Å²) in [5.74, 6) is 0.644. The summed E-state index contributed by atoms with van der Waals surface area (Å²) in [5.41, 5.74) is 0.902. The number of hydrogen-bond donors (Lipinski definition) is 2. The van der Waals surface area contributed by atoms with Gasteiger partial charge >= 0.3 is 6.18 Å². The molecule has 4 nitrogen and oxygen atoms in total. The summed E-state index contributed by atoms with van der Waals surface area (Å²) in [6, 6.07) is 16.6. The number of benzene rings is 2. The van der Waals surface area contributed by atoms with Crippen molar-refractivity contribution in [3.63, 3.8) is 0 Å². The third-order valence-electron chi connectivity index (χ3n) is 3.64. The zero-order valence-corrected chi connectivity index (χ0v) is 14.0. The first-order valence-electron chi connectivity index (χ1n) is 7.98. The number of para-hydroxylation sites is 1. The van der Waals surface area contributed by atoms with Gasteiger partial charge in [0.1, 0.15) is 5.82 Å². The van der Waals surface area contributed by atoms with Crippen LogP contribution in [0.3, 0.4) is 0 Å². The Kier molecular flexibility index (Phi) is 5.06. The van der Waals surface area contributed by atoms with Crippen LogP contribution in [0.5, 0.6) is 0 Å². The number of halogens is 3. The van der Waals surface area contributed by atoms with Gasteiger partial charge in [0.2, 0.25) is 5.95 Å². The van der Waals surface area contributed by atoms with Crippen molar-refractivity contribution in [1.82, 2.24) is 9.97 Å². The van der Waals surface area contributed by atoms with Crippen LogP contribution in [0, 0.1) is 6.92 Å². The van der Waals surface area contributed by atoms with Gasteiger partial charge in [0.15, 0.2) is 0 Å². The number of nitrogens with one attached hydrogen (secondary N) is 2. The molecule has 0 aliphatic heterocycles. The topological polar surface area (TPSA) is 49.8 Å². The van der Waals surface area contributed by atoms with Crippen LogP contribution in [-0.2, 0) is 12.7 Å². The van der Waals surface area contributed by atoms with Gasteiger partial charge in [-0.15, -0.1) is 0 Å². The molecule has 3 rings (SSSR count). The third kappa shape index (κ3) is 4.50. The molecule has 0 bridgehead atoms. The Bertz CT molecular complexity index is 879. The first-order valence-corrected chi connectivity index (χ1v) is 7.98. The second kappa shape index (κ2) is 7.43. The number of hydrogen-bond acceptors (Lipinski definition) is 4. The van der Waals surface area contributed by atoms with Crippen LogP contribution < -0.4 is 10.6 Å². The summed E-state index contributed by atoms with van der Waals surface area (Å²) in [7, 11) is 0. The molecule has 0 fully saturated rings. The molecule has 2 N–H and O–H groups in total. The minimum atomic E-state index is -4.44. The molecule has 1 heterocycles. The maximum Gasteiger partial charge on any atom is 0.418 e. The minimum Gasteiger partial charge on any atom is -0.350 e. The molecule has 134 valence electrons. The van der Waals surface area contributed by atoms with Crippen molar-refractivity contribution in [3.8, 4) is 0 Å². The molecule has 26 heavy (non-hydrogen) atoms. The quantitative estimate of drug-likeness (QED) is 0.661. The maximum atomic E-state index is 13.1. The van der Waals surface area contributed by atoms with Gasteiger partial charge in [-0.25, -0.2) is 4.98 Å². The molecule has 0 aliphatic carbocycles. The van der Waals surface area contributed by atoms with Crippen molar-refractivity contribution in [2.45, 2.75) is 19.6 Å². The predicted octanol–water partition coefficient (Wildman–Crippen LogP) is 5.16. The van der Waals surface area contributed by atoms with Crippen LogP contribution in [0.2, 0.25) is 0 Å². The van der Waals surface area contributed by atoms with E-state index in [1.165, 1.54) is 12.1 Å². The largest absolute Gasteiger partial charge is 0.418 e. The van der Waals surface area contributed by atoms with E-state index in [0.717, 1.165) is 11.6 Å². The van der Waals surface area contributed by atoms with Gasteiger partial charge in [-0.1, -0.05) is 42.5 Å². The Balaban J connectivity index is 1.80. The Morgan fingerprint density at radius 1 is 0.923 bits per heavy atom. The fraction of sp³-hybridized carbons (Fsp3) is 0.158. The van der Waals surface area contributed by atoms with Crippen LogP contribution in [-0.4, -0.2) is 9.97 Å². The van der Waals surface area contributed by atoms with Crippen LogP contribution in [0.4, 0.5) is 30.6 Å². The lowest BCUT2D eigenvalue weighted by molar-refractivity contribution is -0.136. The van der Waals surface area contributed by atoms with Crippen molar-refractivity contribution in [1.29, 1.82) is 0 Å². The summed E-state index contributed by atoms with van der Waals surface area (Å²) < 4.78 is 39.4. The van der Waals surface area contributed by atoms with Crippen molar-refractivity contribution in [2.75, 3.05) is 10.6 Å². The minimum absolute atomic E-state index is 0.0490. The molecule has 2 aromatic carbocycles. The lowest BCUT2D eigenvalue weighted by Crippen LogP contribution is -2.10. The molecule has 0 atom stereocenters. The van der Waals surface area contributed by atoms with Crippen molar-refractivity contribution < 1.29 is 13.2 Å². The summed E-state index contributed by atoms with van der Waals surface area (Å²) in [6.07, 6.45) is -4.44. The van der Waals surface area contributed by atoms with E-state index in [4.69, 9.17) is 0 Å². The zero-order valence-electron chi connectivity index (χ0n) is 14.0. The first kappa shape index (κ1) is 17.7. The summed E-state index contributed by atoms with van der Waals surface area (Å²) >= 11 is 0. The molecule has 0 unspecified atom stereocenters. The molecule has 7 heteroatoms. The Morgan fingerprint density at radius 2 is 1.62 bits per heavy atom. The van der Waals surface area contributed by atoms with Gasteiger partial charge in [-0.05, 0) is 24.6 Å². The molecular formula is C19H17F3N4. The SMILES string of the molecule is Cc1cc(Nc2ccccc2C(F)(F)F)nc(NCc2ccccc2)n1. The number of anilines is 3. The standard InChI is InChI=1S/C19H17F3N4/c1-13-11-17(25-16-10-6-5-9-15(16)19(20,21)22)26-18(24-13)23-12-14-7-3-2-4-8-14/h2-11H,12H2,1H3,(H2,23,24,25,26). The van der Waals surface area contributed by atoms with Gasteiger partial charge in [0, 0.05) is 18.3 Å². The number of nitrogens with zero attached hydrogens (tertiary/aromatic N) is 2. The first-order chi connectivity index (χ1) is 12.4. The predicted molar refractivity (Wildman–Crippen MR) is 95.3 cm³/mol. The molecule has 1 aromatic heterocycles. The lowest BCUT2D eigenvalue weighted by atomic mass is 10.1. The molecule has 0 aliphatic rings. The number of alkyl halides is 3. The molecular weight excluding hydrogens is 341 g/mol. The van der Waals surface area contributed by atoms with Gasteiger partial charge in [-0.3, -0.25) is 0 Å². The summed E-state index contributed by atoms with van der Waals surface area (Å²) in [4.78, 5) is 8.54. The van der Waals surface area contributed by atoms with E-state index >= 15 is 0 Å². The highest BCUT2D eigenvalue weighted by Crippen LogP contribution is 2.35. The fourth-order valence-corrected chi connectivity index (χ4v) is 2.47. The van der Waals surface area contributed by atoms with E-state index < -0.39 is 11.7 Å². The van der Waals surface area contributed by atoms with Crippen LogP contribution >= 0.6 is 0 Å². The van der Waals surface area contributed by atoms with Gasteiger partial charge in [0.25, 0.3) is 0 Å². The van der Waals surface area contributed by atoms with Crippen LogP contribution in [0.1, 0.15) is 16.8 Å². The Morgan fingerprint density at radius 3 is 2.35 bits per heavy atom. The Hall–Kier alpha value is -3.09. The normalized spacial score (nSPS) is 11.2. The number of rotatable bonds is 5. The average molecular weight is 358 g/mol. The van der Waals surface area contributed by atoms with E-state index in [2.05, 4.69) is 20.6 Å². The van der Waals surface area contributed by atoms with E-state index in [1.807, 2.05) is 30.3 Å². The van der Waals surface area contributed by atoms with E-state index in [9.17, 15) is 13.2 Å². The smallest absolute Gasteiger partial charge is 0.350 e. The van der Waals surface area contributed by atoms with E-state index in [0.29, 0.717) is 24.0 Å². The Labute approximate surface area is 149 Å².